The van der Waals surface area contributed by atoms with Crippen molar-refractivity contribution < 1.29 is 5.11 Å². The Balaban J connectivity index is 2.18. The van der Waals surface area contributed by atoms with Crippen LogP contribution >= 0.6 is 23.2 Å². The maximum atomic E-state index is 10.1. The molecule has 0 fully saturated rings. The first-order valence-electron chi connectivity index (χ1n) is 5.61. The molecule has 1 unspecified atom stereocenters. The van der Waals surface area contributed by atoms with Crippen molar-refractivity contribution in [2.45, 2.75) is 19.4 Å². The highest BCUT2D eigenvalue weighted by Gasteiger charge is 2.11. The van der Waals surface area contributed by atoms with Crippen LogP contribution < -0.4 is 0 Å². The topological polar surface area (TPSA) is 33.1 Å². The molecule has 0 aliphatic carbocycles. The van der Waals surface area contributed by atoms with Crippen molar-refractivity contribution in [1.82, 2.24) is 4.98 Å². The molecule has 1 aromatic carbocycles. The minimum absolute atomic E-state index is 0.421. The number of benzene rings is 1. The summed E-state index contributed by atoms with van der Waals surface area (Å²) in [5, 5.41) is 11.4. The van der Waals surface area contributed by atoms with Crippen molar-refractivity contribution in [3.8, 4) is 0 Å². The molecule has 94 valence electrons. The summed E-state index contributed by atoms with van der Waals surface area (Å²) in [6.45, 7) is 1.91. The van der Waals surface area contributed by atoms with E-state index < -0.39 is 6.10 Å². The van der Waals surface area contributed by atoms with Crippen LogP contribution in [-0.4, -0.2) is 10.1 Å². The van der Waals surface area contributed by atoms with E-state index in [-0.39, 0.29) is 0 Å². The smallest absolute Gasteiger partial charge is 0.0845 e. The summed E-state index contributed by atoms with van der Waals surface area (Å²) in [7, 11) is 0. The van der Waals surface area contributed by atoms with Crippen LogP contribution in [0.1, 0.15) is 22.9 Å². The third kappa shape index (κ3) is 3.22. The molecule has 0 aliphatic heterocycles. The number of hydrogen-bond donors (Lipinski definition) is 1. The minimum atomic E-state index is -0.630. The molecule has 0 radical (unpaired) electrons. The summed E-state index contributed by atoms with van der Waals surface area (Å²) in [4.78, 5) is 4.16. The van der Waals surface area contributed by atoms with Crippen LogP contribution in [0.4, 0.5) is 0 Å². The highest BCUT2D eigenvalue weighted by molar-refractivity contribution is 6.33. The summed E-state index contributed by atoms with van der Waals surface area (Å²) < 4.78 is 0. The molecular weight excluding hydrogens is 269 g/mol. The molecular formula is C14H13Cl2NO. The molecule has 1 atom stereocenters. The molecule has 2 rings (SSSR count). The molecule has 0 saturated heterocycles. The Morgan fingerprint density at radius 1 is 1.22 bits per heavy atom. The SMILES string of the molecule is Cc1ccc(C(O)Cc2cc(Cl)ccc2Cl)cn1. The number of halogens is 2. The fourth-order valence-corrected chi connectivity index (χ4v) is 2.09. The van der Waals surface area contributed by atoms with Gasteiger partial charge in [-0.05, 0) is 42.3 Å². The maximum Gasteiger partial charge on any atom is 0.0845 e. The van der Waals surface area contributed by atoms with E-state index in [9.17, 15) is 5.11 Å². The second kappa shape index (κ2) is 5.70. The number of pyridine rings is 1. The molecule has 0 bridgehead atoms. The van der Waals surface area contributed by atoms with Crippen molar-refractivity contribution in [3.63, 3.8) is 0 Å². The van der Waals surface area contributed by atoms with Crippen LogP contribution in [-0.2, 0) is 6.42 Å². The second-order valence-corrected chi connectivity index (χ2v) is 5.03. The van der Waals surface area contributed by atoms with Gasteiger partial charge in [0.15, 0.2) is 0 Å². The standard InChI is InChI=1S/C14H13Cl2NO/c1-9-2-3-10(8-17-9)14(18)7-11-6-12(15)4-5-13(11)16/h2-6,8,14,18H,7H2,1H3. The fourth-order valence-electron chi connectivity index (χ4n) is 1.70. The van der Waals surface area contributed by atoms with Crippen molar-refractivity contribution in [2.24, 2.45) is 0 Å². The highest BCUT2D eigenvalue weighted by atomic mass is 35.5. The number of rotatable bonds is 3. The van der Waals surface area contributed by atoms with Crippen LogP contribution in [0, 0.1) is 6.92 Å². The normalized spacial score (nSPS) is 12.4. The fraction of sp³-hybridized carbons (Fsp3) is 0.214. The van der Waals surface area contributed by atoms with Crippen LogP contribution in [0.2, 0.25) is 10.0 Å². The molecule has 1 heterocycles. The Labute approximate surface area is 116 Å². The van der Waals surface area contributed by atoms with Gasteiger partial charge in [-0.15, -0.1) is 0 Å². The number of aryl methyl sites for hydroxylation is 1. The lowest BCUT2D eigenvalue weighted by Gasteiger charge is -2.12. The summed E-state index contributed by atoms with van der Waals surface area (Å²) in [5.74, 6) is 0. The van der Waals surface area contributed by atoms with Crippen LogP contribution in [0.3, 0.4) is 0 Å². The second-order valence-electron chi connectivity index (χ2n) is 4.19. The van der Waals surface area contributed by atoms with E-state index >= 15 is 0 Å². The summed E-state index contributed by atoms with van der Waals surface area (Å²) >= 11 is 12.0. The molecule has 2 nitrogen and oxygen atoms in total. The van der Waals surface area contributed by atoms with Crippen molar-refractivity contribution >= 4 is 23.2 Å². The van der Waals surface area contributed by atoms with Gasteiger partial charge in [0.25, 0.3) is 0 Å². The molecule has 1 N–H and O–H groups in total. The number of aromatic nitrogens is 1. The zero-order chi connectivity index (χ0) is 13.1. The maximum absolute atomic E-state index is 10.1. The van der Waals surface area contributed by atoms with Gasteiger partial charge in [0.05, 0.1) is 6.10 Å². The largest absolute Gasteiger partial charge is 0.388 e. The van der Waals surface area contributed by atoms with Gasteiger partial charge >= 0.3 is 0 Å². The molecule has 0 aliphatic rings. The molecule has 0 spiro atoms. The van der Waals surface area contributed by atoms with E-state index in [4.69, 9.17) is 23.2 Å². The first kappa shape index (κ1) is 13.3. The molecule has 1 aromatic heterocycles. The summed E-state index contributed by atoms with van der Waals surface area (Å²) in [6.07, 6.45) is 1.47. The van der Waals surface area contributed by atoms with Crippen molar-refractivity contribution in [2.75, 3.05) is 0 Å². The molecule has 0 amide bonds. The zero-order valence-corrected chi connectivity index (χ0v) is 11.4. The summed E-state index contributed by atoms with van der Waals surface area (Å²) in [6, 6.07) is 8.98. The predicted molar refractivity (Wildman–Crippen MR) is 74.1 cm³/mol. The van der Waals surface area contributed by atoms with E-state index in [0.29, 0.717) is 16.5 Å². The zero-order valence-electron chi connectivity index (χ0n) is 9.90. The van der Waals surface area contributed by atoms with Crippen LogP contribution in [0.5, 0.6) is 0 Å². The first-order chi connectivity index (χ1) is 8.56. The van der Waals surface area contributed by atoms with Gasteiger partial charge in [-0.25, -0.2) is 0 Å². The van der Waals surface area contributed by atoms with E-state index in [0.717, 1.165) is 16.8 Å². The lowest BCUT2D eigenvalue weighted by atomic mass is 10.0. The van der Waals surface area contributed by atoms with E-state index in [1.54, 1.807) is 24.4 Å². The third-order valence-corrected chi connectivity index (χ3v) is 3.34. The van der Waals surface area contributed by atoms with Gasteiger partial charge in [-0.2, -0.15) is 0 Å². The van der Waals surface area contributed by atoms with Gasteiger partial charge in [0.1, 0.15) is 0 Å². The third-order valence-electron chi connectivity index (χ3n) is 2.74. The minimum Gasteiger partial charge on any atom is -0.388 e. The number of aliphatic hydroxyl groups excluding tert-OH is 1. The van der Waals surface area contributed by atoms with E-state index in [1.165, 1.54) is 0 Å². The Hall–Kier alpha value is -1.09. The van der Waals surface area contributed by atoms with Crippen molar-refractivity contribution in [1.29, 1.82) is 0 Å². The van der Waals surface area contributed by atoms with Crippen LogP contribution in [0.25, 0.3) is 0 Å². The van der Waals surface area contributed by atoms with Gasteiger partial charge in [0, 0.05) is 28.4 Å². The number of nitrogens with zero attached hydrogens (tertiary/aromatic N) is 1. The van der Waals surface area contributed by atoms with Crippen LogP contribution in [0.15, 0.2) is 36.5 Å². The Morgan fingerprint density at radius 3 is 2.67 bits per heavy atom. The Kier molecular flexibility index (Phi) is 4.23. The molecule has 0 saturated carbocycles. The summed E-state index contributed by atoms with van der Waals surface area (Å²) in [5.41, 5.74) is 2.53. The van der Waals surface area contributed by atoms with Gasteiger partial charge < -0.3 is 5.11 Å². The van der Waals surface area contributed by atoms with Gasteiger partial charge in [-0.3, -0.25) is 4.98 Å². The average Bonchev–Trinajstić information content (AvgIpc) is 2.34. The quantitative estimate of drug-likeness (QED) is 0.923. The molecule has 18 heavy (non-hydrogen) atoms. The monoisotopic (exact) mass is 281 g/mol. The number of aliphatic hydroxyl groups is 1. The van der Waals surface area contributed by atoms with E-state index in [1.807, 2.05) is 19.1 Å². The Morgan fingerprint density at radius 2 is 2.00 bits per heavy atom. The van der Waals surface area contributed by atoms with Gasteiger partial charge in [0.2, 0.25) is 0 Å². The van der Waals surface area contributed by atoms with Gasteiger partial charge in [-0.1, -0.05) is 29.3 Å². The first-order valence-corrected chi connectivity index (χ1v) is 6.36. The molecule has 4 heteroatoms. The predicted octanol–water partition coefficient (Wildman–Crippen LogP) is 3.97. The average molecular weight is 282 g/mol. The van der Waals surface area contributed by atoms with Crippen molar-refractivity contribution in [3.05, 3.63) is 63.4 Å². The Bertz CT molecular complexity index is 540. The lowest BCUT2D eigenvalue weighted by molar-refractivity contribution is 0.178. The van der Waals surface area contributed by atoms with E-state index in [2.05, 4.69) is 4.98 Å². The highest BCUT2D eigenvalue weighted by Crippen LogP contribution is 2.26. The molecule has 2 aromatic rings. The number of hydrogen-bond acceptors (Lipinski definition) is 2. The lowest BCUT2D eigenvalue weighted by Crippen LogP contribution is -2.03.